The summed E-state index contributed by atoms with van der Waals surface area (Å²) in [6.45, 7) is 3.99. The Morgan fingerprint density at radius 1 is 1.55 bits per heavy atom. The number of nitrogens with two attached hydrogens (primary N) is 1. The molecule has 0 bridgehead atoms. The average molecular weight is 282 g/mol. The number of urea groups is 1. The number of nitrogens with one attached hydrogen (secondary N) is 1. The molecule has 2 amide bonds. The van der Waals surface area contributed by atoms with Crippen LogP contribution in [-0.4, -0.2) is 34.6 Å². The van der Waals surface area contributed by atoms with Crippen LogP contribution < -0.4 is 11.1 Å². The van der Waals surface area contributed by atoms with Gasteiger partial charge in [0.05, 0.1) is 0 Å². The van der Waals surface area contributed by atoms with Crippen LogP contribution in [0.1, 0.15) is 20.3 Å². The summed E-state index contributed by atoms with van der Waals surface area (Å²) >= 11 is 0. The standard InChI is InChI=1S/C13H19FN4O2/c1-9(2)18(7-6-12(15)17-20)13(19)16-11-5-3-4-10(14)8-11/h3-5,8-9,20H,6-7H2,1-2H3,(H2,15,17)(H,16,19). The number of anilines is 1. The molecule has 0 saturated heterocycles. The summed E-state index contributed by atoms with van der Waals surface area (Å²) in [6, 6.07) is 5.21. The molecule has 1 aromatic carbocycles. The van der Waals surface area contributed by atoms with Gasteiger partial charge in [-0.25, -0.2) is 9.18 Å². The number of carbonyl (C=O) groups excluding carboxylic acids is 1. The van der Waals surface area contributed by atoms with Crippen LogP contribution in [0, 0.1) is 5.82 Å². The molecule has 1 rings (SSSR count). The molecule has 0 spiro atoms. The summed E-state index contributed by atoms with van der Waals surface area (Å²) in [5.41, 5.74) is 5.77. The van der Waals surface area contributed by atoms with Crippen molar-refractivity contribution in [2.24, 2.45) is 10.9 Å². The van der Waals surface area contributed by atoms with Crippen LogP contribution in [0.15, 0.2) is 29.4 Å². The molecule has 0 aliphatic carbocycles. The van der Waals surface area contributed by atoms with Crippen LogP contribution in [0.4, 0.5) is 14.9 Å². The molecule has 0 radical (unpaired) electrons. The average Bonchev–Trinajstić information content (AvgIpc) is 2.38. The molecule has 0 unspecified atom stereocenters. The lowest BCUT2D eigenvalue weighted by Crippen LogP contribution is -2.41. The summed E-state index contributed by atoms with van der Waals surface area (Å²) in [5.74, 6) is -0.371. The Labute approximate surface area is 117 Å². The highest BCUT2D eigenvalue weighted by Gasteiger charge is 2.17. The van der Waals surface area contributed by atoms with Crippen molar-refractivity contribution in [3.05, 3.63) is 30.1 Å². The molecule has 0 atom stereocenters. The van der Waals surface area contributed by atoms with Crippen molar-refractivity contribution in [2.75, 3.05) is 11.9 Å². The molecular weight excluding hydrogens is 263 g/mol. The van der Waals surface area contributed by atoms with E-state index in [0.717, 1.165) is 0 Å². The van der Waals surface area contributed by atoms with Gasteiger partial charge in [-0.2, -0.15) is 0 Å². The third-order valence-electron chi connectivity index (χ3n) is 2.70. The van der Waals surface area contributed by atoms with Crippen LogP contribution in [-0.2, 0) is 0 Å². The maximum atomic E-state index is 13.1. The molecule has 0 saturated carbocycles. The Kier molecular flexibility index (Phi) is 5.76. The van der Waals surface area contributed by atoms with E-state index in [2.05, 4.69) is 10.5 Å². The van der Waals surface area contributed by atoms with Gasteiger partial charge in [0.15, 0.2) is 0 Å². The Morgan fingerprint density at radius 3 is 2.80 bits per heavy atom. The number of nitrogens with zero attached hydrogens (tertiary/aromatic N) is 2. The van der Waals surface area contributed by atoms with Crippen molar-refractivity contribution in [2.45, 2.75) is 26.3 Å². The lowest BCUT2D eigenvalue weighted by molar-refractivity contribution is 0.198. The zero-order valence-electron chi connectivity index (χ0n) is 11.5. The van der Waals surface area contributed by atoms with Crippen molar-refractivity contribution >= 4 is 17.6 Å². The Hall–Kier alpha value is -2.31. The Balaban J connectivity index is 2.69. The van der Waals surface area contributed by atoms with Gasteiger partial charge in [0.25, 0.3) is 0 Å². The molecule has 6 nitrogen and oxygen atoms in total. The van der Waals surface area contributed by atoms with Crippen molar-refractivity contribution in [3.63, 3.8) is 0 Å². The molecule has 7 heteroatoms. The van der Waals surface area contributed by atoms with Gasteiger partial charge >= 0.3 is 6.03 Å². The highest BCUT2D eigenvalue weighted by atomic mass is 19.1. The van der Waals surface area contributed by atoms with Gasteiger partial charge in [-0.15, -0.1) is 0 Å². The maximum absolute atomic E-state index is 13.1. The van der Waals surface area contributed by atoms with Crippen molar-refractivity contribution in [1.82, 2.24) is 4.90 Å². The Bertz CT molecular complexity index is 491. The SMILES string of the molecule is CC(C)N(CCC(N)=NO)C(=O)Nc1cccc(F)c1. The number of amides is 2. The first kappa shape index (κ1) is 15.7. The number of oxime groups is 1. The number of carbonyl (C=O) groups is 1. The molecule has 0 aliphatic rings. The highest BCUT2D eigenvalue weighted by Crippen LogP contribution is 2.11. The lowest BCUT2D eigenvalue weighted by atomic mass is 10.2. The number of benzene rings is 1. The first-order valence-corrected chi connectivity index (χ1v) is 6.23. The van der Waals surface area contributed by atoms with E-state index in [1.54, 1.807) is 6.07 Å². The fourth-order valence-corrected chi connectivity index (χ4v) is 1.64. The maximum Gasteiger partial charge on any atom is 0.322 e. The summed E-state index contributed by atoms with van der Waals surface area (Å²) in [5, 5.41) is 14.0. The largest absolute Gasteiger partial charge is 0.409 e. The third kappa shape index (κ3) is 4.75. The topological polar surface area (TPSA) is 90.9 Å². The van der Waals surface area contributed by atoms with E-state index in [4.69, 9.17) is 10.9 Å². The molecule has 20 heavy (non-hydrogen) atoms. The molecule has 0 heterocycles. The normalized spacial score (nSPS) is 11.5. The predicted molar refractivity (Wildman–Crippen MR) is 75.3 cm³/mol. The number of rotatable bonds is 5. The van der Waals surface area contributed by atoms with E-state index in [1.165, 1.54) is 23.1 Å². The molecule has 1 aromatic rings. The van der Waals surface area contributed by atoms with Crippen molar-refractivity contribution in [3.8, 4) is 0 Å². The fraction of sp³-hybridized carbons (Fsp3) is 0.385. The highest BCUT2D eigenvalue weighted by molar-refractivity contribution is 5.90. The van der Waals surface area contributed by atoms with Crippen LogP contribution >= 0.6 is 0 Å². The first-order valence-electron chi connectivity index (χ1n) is 6.23. The first-order chi connectivity index (χ1) is 9.43. The fourth-order valence-electron chi connectivity index (χ4n) is 1.64. The molecule has 0 fully saturated rings. The van der Waals surface area contributed by atoms with Gasteiger partial charge in [0.1, 0.15) is 11.7 Å². The van der Waals surface area contributed by atoms with Crippen LogP contribution in [0.5, 0.6) is 0 Å². The van der Waals surface area contributed by atoms with Gasteiger partial charge in [-0.3, -0.25) is 0 Å². The molecule has 110 valence electrons. The minimum atomic E-state index is -0.421. The zero-order chi connectivity index (χ0) is 15.1. The van der Waals surface area contributed by atoms with E-state index in [1.807, 2.05) is 13.8 Å². The number of halogens is 1. The molecule has 0 aliphatic heterocycles. The van der Waals surface area contributed by atoms with Crippen molar-refractivity contribution in [1.29, 1.82) is 0 Å². The van der Waals surface area contributed by atoms with E-state index in [0.29, 0.717) is 12.2 Å². The number of hydrogen-bond acceptors (Lipinski definition) is 3. The van der Waals surface area contributed by atoms with Gasteiger partial charge in [-0.05, 0) is 32.0 Å². The summed E-state index contributed by atoms with van der Waals surface area (Å²) in [4.78, 5) is 13.6. The van der Waals surface area contributed by atoms with Gasteiger partial charge in [0, 0.05) is 24.7 Å². The van der Waals surface area contributed by atoms with Gasteiger partial charge < -0.3 is 21.2 Å². The lowest BCUT2D eigenvalue weighted by Gasteiger charge is -2.26. The Morgan fingerprint density at radius 2 is 2.25 bits per heavy atom. The van der Waals surface area contributed by atoms with Gasteiger partial charge in [0.2, 0.25) is 0 Å². The second kappa shape index (κ2) is 7.32. The molecule has 0 aromatic heterocycles. The second-order valence-electron chi connectivity index (χ2n) is 4.57. The monoisotopic (exact) mass is 282 g/mol. The zero-order valence-corrected chi connectivity index (χ0v) is 11.5. The van der Waals surface area contributed by atoms with E-state index in [-0.39, 0.29) is 24.3 Å². The quantitative estimate of drug-likeness (QED) is 0.334. The summed E-state index contributed by atoms with van der Waals surface area (Å²) in [7, 11) is 0. The molecule has 4 N–H and O–H groups in total. The van der Waals surface area contributed by atoms with Gasteiger partial charge in [-0.1, -0.05) is 11.2 Å². The van der Waals surface area contributed by atoms with E-state index < -0.39 is 5.82 Å². The summed E-state index contributed by atoms with van der Waals surface area (Å²) < 4.78 is 13.1. The minimum Gasteiger partial charge on any atom is -0.409 e. The predicted octanol–water partition coefficient (Wildman–Crippen LogP) is 2.20. The number of amidine groups is 1. The second-order valence-corrected chi connectivity index (χ2v) is 4.57. The van der Waals surface area contributed by atoms with E-state index >= 15 is 0 Å². The molecular formula is C13H19FN4O2. The smallest absolute Gasteiger partial charge is 0.322 e. The van der Waals surface area contributed by atoms with Crippen LogP contribution in [0.25, 0.3) is 0 Å². The summed E-state index contributed by atoms with van der Waals surface area (Å²) in [6.07, 6.45) is 0.255. The number of hydrogen-bond donors (Lipinski definition) is 3. The van der Waals surface area contributed by atoms with Crippen LogP contribution in [0.2, 0.25) is 0 Å². The van der Waals surface area contributed by atoms with Crippen LogP contribution in [0.3, 0.4) is 0 Å². The third-order valence-corrected chi connectivity index (χ3v) is 2.70. The minimum absolute atomic E-state index is 0.0502. The van der Waals surface area contributed by atoms with Crippen molar-refractivity contribution < 1.29 is 14.4 Å². The van der Waals surface area contributed by atoms with E-state index in [9.17, 15) is 9.18 Å².